The molecule has 0 saturated heterocycles. The van der Waals surface area contributed by atoms with E-state index in [9.17, 15) is 0 Å². The molecule has 3 aromatic rings. The standard InChI is InChI=1S/C19H15Cl3P.HI/c1-23(17-8-2-14(20)3-9-17,18-10-4-15(21)5-11-18)19-12-6-16(22)7-13-19;/h2-13H,1H3;1H/q+1;. The van der Waals surface area contributed by atoms with Crippen LogP contribution in [0.15, 0.2) is 72.8 Å². The summed E-state index contributed by atoms with van der Waals surface area (Å²) in [5, 5.41) is 6.04. The van der Waals surface area contributed by atoms with E-state index in [1.165, 1.54) is 15.9 Å². The summed E-state index contributed by atoms with van der Waals surface area (Å²) in [4.78, 5) is 0. The average molecular weight is 509 g/mol. The summed E-state index contributed by atoms with van der Waals surface area (Å²) in [7, 11) is -1.76. The zero-order chi connectivity index (χ0) is 16.4. The van der Waals surface area contributed by atoms with E-state index in [1.807, 2.05) is 36.4 Å². The lowest BCUT2D eigenvalue weighted by molar-refractivity contribution is 1.71. The molecule has 124 valence electrons. The van der Waals surface area contributed by atoms with Crippen LogP contribution < -0.4 is 15.9 Å². The van der Waals surface area contributed by atoms with Crippen molar-refractivity contribution in [2.24, 2.45) is 0 Å². The first-order valence-electron chi connectivity index (χ1n) is 7.15. The van der Waals surface area contributed by atoms with Gasteiger partial charge in [0.05, 0.1) is 6.66 Å². The van der Waals surface area contributed by atoms with E-state index in [-0.39, 0.29) is 24.0 Å². The van der Waals surface area contributed by atoms with Gasteiger partial charge in [-0.25, -0.2) is 0 Å². The van der Waals surface area contributed by atoms with Crippen molar-refractivity contribution in [2.75, 3.05) is 6.66 Å². The summed E-state index contributed by atoms with van der Waals surface area (Å²) in [5.41, 5.74) is 0. The SMILES string of the molecule is C[P+](c1ccc(Cl)cc1)(c1ccc(Cl)cc1)c1ccc(Cl)cc1.I. The van der Waals surface area contributed by atoms with Crippen LogP contribution in [0.1, 0.15) is 0 Å². The Morgan fingerprint density at radius 3 is 0.917 bits per heavy atom. The molecule has 0 fully saturated rings. The Kier molecular flexibility index (Phi) is 6.99. The highest BCUT2D eigenvalue weighted by atomic mass is 127. The van der Waals surface area contributed by atoms with Gasteiger partial charge in [0, 0.05) is 15.1 Å². The second-order valence-corrected chi connectivity index (χ2v) is 10.3. The highest BCUT2D eigenvalue weighted by Gasteiger charge is 2.40. The molecular formula is C19H16Cl3IP+. The Morgan fingerprint density at radius 2 is 0.708 bits per heavy atom. The zero-order valence-electron chi connectivity index (χ0n) is 12.9. The minimum atomic E-state index is -1.76. The molecule has 0 N–H and O–H groups in total. The quantitative estimate of drug-likeness (QED) is 0.293. The van der Waals surface area contributed by atoms with Crippen molar-refractivity contribution in [3.8, 4) is 0 Å². The molecule has 0 aliphatic heterocycles. The predicted octanol–water partition coefficient (Wildman–Crippen LogP) is 6.19. The molecule has 0 saturated carbocycles. The summed E-state index contributed by atoms with van der Waals surface area (Å²) < 4.78 is 0. The van der Waals surface area contributed by atoms with E-state index < -0.39 is 7.26 Å². The van der Waals surface area contributed by atoms with Crippen LogP contribution >= 0.6 is 66.0 Å². The third kappa shape index (κ3) is 4.08. The Morgan fingerprint density at radius 1 is 0.500 bits per heavy atom. The van der Waals surface area contributed by atoms with Crippen LogP contribution in [0, 0.1) is 0 Å². The molecule has 0 bridgehead atoms. The van der Waals surface area contributed by atoms with Gasteiger partial charge in [-0.1, -0.05) is 34.8 Å². The van der Waals surface area contributed by atoms with E-state index in [2.05, 4.69) is 43.1 Å². The molecule has 0 aliphatic carbocycles. The van der Waals surface area contributed by atoms with E-state index in [4.69, 9.17) is 34.8 Å². The predicted molar refractivity (Wildman–Crippen MR) is 122 cm³/mol. The number of rotatable bonds is 3. The molecule has 0 aliphatic rings. The summed E-state index contributed by atoms with van der Waals surface area (Å²) in [6, 6.07) is 24.3. The molecule has 0 radical (unpaired) electrons. The van der Waals surface area contributed by atoms with Crippen molar-refractivity contribution in [1.82, 2.24) is 0 Å². The highest BCUT2D eigenvalue weighted by Crippen LogP contribution is 2.51. The first kappa shape index (κ1) is 20.0. The molecule has 3 rings (SSSR count). The van der Waals surface area contributed by atoms with Crippen LogP contribution in [-0.4, -0.2) is 6.66 Å². The third-order valence-corrected chi connectivity index (χ3v) is 8.78. The lowest BCUT2D eigenvalue weighted by Gasteiger charge is -2.23. The van der Waals surface area contributed by atoms with Crippen LogP contribution in [0.4, 0.5) is 0 Å². The number of benzene rings is 3. The summed E-state index contributed by atoms with van der Waals surface area (Å²) in [5.74, 6) is 0. The molecule has 0 heterocycles. The maximum atomic E-state index is 6.07. The van der Waals surface area contributed by atoms with E-state index in [0.717, 1.165) is 15.1 Å². The molecule has 0 spiro atoms. The summed E-state index contributed by atoms with van der Waals surface area (Å²) in [6.07, 6.45) is 0. The van der Waals surface area contributed by atoms with Gasteiger partial charge in [0.2, 0.25) is 0 Å². The van der Waals surface area contributed by atoms with Crippen LogP contribution in [-0.2, 0) is 0 Å². The fourth-order valence-corrected chi connectivity index (χ4v) is 6.17. The molecular weight excluding hydrogens is 492 g/mol. The van der Waals surface area contributed by atoms with Crippen LogP contribution in [0.2, 0.25) is 15.1 Å². The normalized spacial score (nSPS) is 11.0. The van der Waals surface area contributed by atoms with Gasteiger partial charge in [0.25, 0.3) is 0 Å². The highest BCUT2D eigenvalue weighted by molar-refractivity contribution is 14.0. The summed E-state index contributed by atoms with van der Waals surface area (Å²) >= 11 is 18.2. The minimum absolute atomic E-state index is 0. The topological polar surface area (TPSA) is 0 Å². The van der Waals surface area contributed by atoms with E-state index in [1.54, 1.807) is 0 Å². The van der Waals surface area contributed by atoms with Gasteiger partial charge in [-0.05, 0) is 72.8 Å². The van der Waals surface area contributed by atoms with Gasteiger partial charge in [-0.15, -0.1) is 24.0 Å². The van der Waals surface area contributed by atoms with Crippen molar-refractivity contribution in [2.45, 2.75) is 0 Å². The van der Waals surface area contributed by atoms with Crippen molar-refractivity contribution >= 4 is 82.0 Å². The molecule has 0 nitrogen and oxygen atoms in total. The van der Waals surface area contributed by atoms with Crippen molar-refractivity contribution in [3.05, 3.63) is 87.9 Å². The lowest BCUT2D eigenvalue weighted by Crippen LogP contribution is -2.30. The van der Waals surface area contributed by atoms with Gasteiger partial charge in [0.15, 0.2) is 0 Å². The molecule has 0 atom stereocenters. The van der Waals surface area contributed by atoms with Crippen molar-refractivity contribution in [1.29, 1.82) is 0 Å². The van der Waals surface area contributed by atoms with Crippen molar-refractivity contribution in [3.63, 3.8) is 0 Å². The average Bonchev–Trinajstić information content (AvgIpc) is 2.56. The molecule has 0 unspecified atom stereocenters. The van der Waals surface area contributed by atoms with Gasteiger partial charge in [-0.3, -0.25) is 0 Å². The molecule has 0 aromatic heterocycles. The first-order chi connectivity index (χ1) is 11.0. The zero-order valence-corrected chi connectivity index (χ0v) is 18.4. The van der Waals surface area contributed by atoms with Gasteiger partial charge < -0.3 is 0 Å². The molecule has 24 heavy (non-hydrogen) atoms. The van der Waals surface area contributed by atoms with Gasteiger partial charge in [0.1, 0.15) is 23.2 Å². The smallest absolute Gasteiger partial charge is 0.107 e. The van der Waals surface area contributed by atoms with Gasteiger partial charge >= 0.3 is 0 Å². The minimum Gasteiger partial charge on any atom is -0.107 e. The second kappa shape index (κ2) is 8.38. The fourth-order valence-electron chi connectivity index (χ4n) is 2.66. The second-order valence-electron chi connectivity index (χ2n) is 5.44. The monoisotopic (exact) mass is 507 g/mol. The third-order valence-electron chi connectivity index (χ3n) is 4.03. The Balaban J connectivity index is 0.00000208. The molecule has 3 aromatic carbocycles. The maximum absolute atomic E-state index is 6.07. The van der Waals surface area contributed by atoms with Crippen molar-refractivity contribution < 1.29 is 0 Å². The molecule has 0 amide bonds. The molecule has 5 heteroatoms. The lowest BCUT2D eigenvalue weighted by atomic mass is 10.3. The number of hydrogen-bond donors (Lipinski definition) is 0. The number of hydrogen-bond acceptors (Lipinski definition) is 0. The van der Waals surface area contributed by atoms with E-state index in [0.29, 0.717) is 0 Å². The van der Waals surface area contributed by atoms with Crippen LogP contribution in [0.5, 0.6) is 0 Å². The maximum Gasteiger partial charge on any atom is 0.109 e. The first-order valence-corrected chi connectivity index (χ1v) is 10.5. The Bertz CT molecular complexity index is 689. The van der Waals surface area contributed by atoms with E-state index >= 15 is 0 Å². The largest absolute Gasteiger partial charge is 0.109 e. The fraction of sp³-hybridized carbons (Fsp3) is 0.0526. The Hall–Kier alpha value is -0.310. The number of halogens is 4. The summed E-state index contributed by atoms with van der Waals surface area (Å²) in [6.45, 7) is 2.31. The van der Waals surface area contributed by atoms with Crippen LogP contribution in [0.25, 0.3) is 0 Å². The van der Waals surface area contributed by atoms with Gasteiger partial charge in [-0.2, -0.15) is 0 Å². The van der Waals surface area contributed by atoms with Crippen LogP contribution in [0.3, 0.4) is 0 Å². The Labute approximate surface area is 175 Å².